The molecule has 2 aliphatic heterocycles. The molecular formula is C17H35N3. The molecule has 2 fully saturated rings. The van der Waals surface area contributed by atoms with Crippen LogP contribution in [0, 0.1) is 5.41 Å². The molecule has 118 valence electrons. The Labute approximate surface area is 125 Å². The Balaban J connectivity index is 1.66. The molecule has 3 heteroatoms. The van der Waals surface area contributed by atoms with Crippen LogP contribution in [0.3, 0.4) is 0 Å². The minimum Gasteiger partial charge on any atom is -0.327 e. The van der Waals surface area contributed by atoms with Crippen LogP contribution in [0.25, 0.3) is 0 Å². The molecule has 0 aliphatic carbocycles. The monoisotopic (exact) mass is 281 g/mol. The maximum absolute atomic E-state index is 6.28. The van der Waals surface area contributed by atoms with Crippen molar-refractivity contribution in [3.05, 3.63) is 0 Å². The number of nitrogens with two attached hydrogens (primary N) is 1. The molecule has 0 aromatic heterocycles. The number of rotatable bonds is 4. The molecule has 2 rings (SSSR count). The maximum atomic E-state index is 6.28. The Morgan fingerprint density at radius 1 is 1.00 bits per heavy atom. The van der Waals surface area contributed by atoms with E-state index in [2.05, 4.69) is 30.6 Å². The third-order valence-electron chi connectivity index (χ3n) is 5.33. The molecule has 2 N–H and O–H groups in total. The van der Waals surface area contributed by atoms with Crippen molar-refractivity contribution >= 4 is 0 Å². The highest BCUT2D eigenvalue weighted by atomic mass is 15.2. The number of piperidine rings is 2. The number of hydrogen-bond donors (Lipinski definition) is 1. The van der Waals surface area contributed by atoms with E-state index < -0.39 is 0 Å². The topological polar surface area (TPSA) is 32.5 Å². The van der Waals surface area contributed by atoms with Gasteiger partial charge in [-0.3, -0.25) is 0 Å². The summed E-state index contributed by atoms with van der Waals surface area (Å²) in [6, 6.07) is 1.19. The Kier molecular flexibility index (Phi) is 5.88. The molecule has 0 aromatic carbocycles. The smallest absolute Gasteiger partial charge is 0.0120 e. The van der Waals surface area contributed by atoms with Gasteiger partial charge >= 0.3 is 0 Å². The van der Waals surface area contributed by atoms with E-state index in [-0.39, 0.29) is 5.41 Å². The van der Waals surface area contributed by atoms with Crippen molar-refractivity contribution in [2.45, 2.75) is 71.4 Å². The predicted molar refractivity (Wildman–Crippen MR) is 86.9 cm³/mol. The third-order valence-corrected chi connectivity index (χ3v) is 5.33. The van der Waals surface area contributed by atoms with Crippen LogP contribution in [-0.4, -0.2) is 54.6 Å². The van der Waals surface area contributed by atoms with Crippen LogP contribution in [0.4, 0.5) is 0 Å². The lowest BCUT2D eigenvalue weighted by Crippen LogP contribution is -2.47. The van der Waals surface area contributed by atoms with Gasteiger partial charge in [-0.15, -0.1) is 0 Å². The molecule has 20 heavy (non-hydrogen) atoms. The van der Waals surface area contributed by atoms with Crippen molar-refractivity contribution in [1.29, 1.82) is 0 Å². The average molecular weight is 281 g/mol. The minimum atomic E-state index is 0.242. The Hall–Kier alpha value is -0.120. The van der Waals surface area contributed by atoms with Crippen molar-refractivity contribution < 1.29 is 0 Å². The van der Waals surface area contributed by atoms with E-state index >= 15 is 0 Å². The normalized spacial score (nSPS) is 25.8. The first-order chi connectivity index (χ1) is 9.47. The summed E-state index contributed by atoms with van der Waals surface area (Å²) in [5, 5.41) is 0. The molecule has 0 radical (unpaired) electrons. The van der Waals surface area contributed by atoms with Gasteiger partial charge in [0.2, 0.25) is 0 Å². The van der Waals surface area contributed by atoms with E-state index in [9.17, 15) is 0 Å². The van der Waals surface area contributed by atoms with E-state index in [1.165, 1.54) is 64.8 Å². The minimum absolute atomic E-state index is 0.242. The second kappa shape index (κ2) is 7.24. The summed E-state index contributed by atoms with van der Waals surface area (Å²) >= 11 is 0. The van der Waals surface area contributed by atoms with E-state index in [4.69, 9.17) is 5.73 Å². The van der Waals surface area contributed by atoms with Crippen LogP contribution in [0.15, 0.2) is 0 Å². The van der Waals surface area contributed by atoms with Gasteiger partial charge in [0, 0.05) is 12.1 Å². The molecule has 0 saturated carbocycles. The highest BCUT2D eigenvalue weighted by Crippen LogP contribution is 2.23. The molecular weight excluding hydrogens is 246 g/mol. The molecule has 2 aliphatic rings. The number of likely N-dealkylation sites (tertiary alicyclic amines) is 2. The Bertz CT molecular complexity index is 270. The fourth-order valence-electron chi connectivity index (χ4n) is 3.55. The molecule has 0 spiro atoms. The van der Waals surface area contributed by atoms with Crippen LogP contribution in [0.2, 0.25) is 0 Å². The zero-order valence-corrected chi connectivity index (χ0v) is 13.9. The Morgan fingerprint density at radius 3 is 2.15 bits per heavy atom. The lowest BCUT2D eigenvalue weighted by molar-refractivity contribution is 0.0892. The highest BCUT2D eigenvalue weighted by molar-refractivity contribution is 4.83. The number of hydrogen-bond acceptors (Lipinski definition) is 3. The van der Waals surface area contributed by atoms with Gasteiger partial charge < -0.3 is 15.5 Å². The van der Waals surface area contributed by atoms with Crippen molar-refractivity contribution in [3.63, 3.8) is 0 Å². The van der Waals surface area contributed by atoms with Gasteiger partial charge in [0.25, 0.3) is 0 Å². The van der Waals surface area contributed by atoms with Crippen molar-refractivity contribution in [3.8, 4) is 0 Å². The summed E-state index contributed by atoms with van der Waals surface area (Å²) in [7, 11) is 0. The fraction of sp³-hybridized carbons (Fsp3) is 1.00. The van der Waals surface area contributed by atoms with Crippen LogP contribution in [0.1, 0.15) is 59.3 Å². The Morgan fingerprint density at radius 2 is 1.60 bits per heavy atom. The van der Waals surface area contributed by atoms with Crippen LogP contribution < -0.4 is 5.73 Å². The molecule has 0 bridgehead atoms. The van der Waals surface area contributed by atoms with E-state index in [0.717, 1.165) is 12.5 Å². The lowest BCUT2D eigenvalue weighted by atomic mass is 9.85. The summed E-state index contributed by atoms with van der Waals surface area (Å²) in [5.41, 5.74) is 6.52. The molecule has 3 nitrogen and oxygen atoms in total. The van der Waals surface area contributed by atoms with Crippen LogP contribution >= 0.6 is 0 Å². The third kappa shape index (κ3) is 4.71. The quantitative estimate of drug-likeness (QED) is 0.860. The van der Waals surface area contributed by atoms with Gasteiger partial charge in [-0.05, 0) is 70.2 Å². The molecule has 2 saturated heterocycles. The summed E-state index contributed by atoms with van der Waals surface area (Å²) in [4.78, 5) is 5.38. The molecule has 0 aromatic rings. The summed E-state index contributed by atoms with van der Waals surface area (Å²) in [5.74, 6) is 0. The van der Waals surface area contributed by atoms with Crippen LogP contribution in [-0.2, 0) is 0 Å². The van der Waals surface area contributed by atoms with Gasteiger partial charge in [0.1, 0.15) is 0 Å². The van der Waals surface area contributed by atoms with Crippen LogP contribution in [0.5, 0.6) is 0 Å². The van der Waals surface area contributed by atoms with Gasteiger partial charge in [-0.25, -0.2) is 0 Å². The second-order valence-corrected chi connectivity index (χ2v) is 7.93. The molecule has 1 unspecified atom stereocenters. The van der Waals surface area contributed by atoms with E-state index in [1.54, 1.807) is 0 Å². The van der Waals surface area contributed by atoms with E-state index in [1.807, 2.05) is 0 Å². The number of nitrogens with zero attached hydrogens (tertiary/aromatic N) is 2. The standard InChI is InChI=1S/C17H35N3/c1-17(2,3)16(18)9-14-19-12-7-15(8-13-19)20-10-5-4-6-11-20/h15-16H,4-14,18H2,1-3H3. The first-order valence-corrected chi connectivity index (χ1v) is 8.69. The van der Waals surface area contributed by atoms with Crippen molar-refractivity contribution in [2.75, 3.05) is 32.7 Å². The summed E-state index contributed by atoms with van der Waals surface area (Å²) in [6.45, 7) is 13.2. The second-order valence-electron chi connectivity index (χ2n) is 7.93. The van der Waals surface area contributed by atoms with Gasteiger partial charge in [0.05, 0.1) is 0 Å². The predicted octanol–water partition coefficient (Wildman–Crippen LogP) is 2.70. The SMILES string of the molecule is CC(C)(C)C(N)CCN1CCC(N2CCCCC2)CC1. The van der Waals surface area contributed by atoms with Crippen molar-refractivity contribution in [1.82, 2.24) is 9.80 Å². The maximum Gasteiger partial charge on any atom is 0.0120 e. The lowest BCUT2D eigenvalue weighted by Gasteiger charge is -2.40. The largest absolute Gasteiger partial charge is 0.327 e. The van der Waals surface area contributed by atoms with Gasteiger partial charge in [0.15, 0.2) is 0 Å². The fourth-order valence-corrected chi connectivity index (χ4v) is 3.55. The average Bonchev–Trinajstić information content (AvgIpc) is 2.45. The molecule has 1 atom stereocenters. The first kappa shape index (κ1) is 16.3. The molecule has 0 amide bonds. The summed E-state index contributed by atoms with van der Waals surface area (Å²) < 4.78 is 0. The van der Waals surface area contributed by atoms with E-state index in [0.29, 0.717) is 6.04 Å². The first-order valence-electron chi connectivity index (χ1n) is 8.69. The van der Waals surface area contributed by atoms with Gasteiger partial charge in [-0.2, -0.15) is 0 Å². The summed E-state index contributed by atoms with van der Waals surface area (Å²) in [6.07, 6.45) is 8.15. The highest BCUT2D eigenvalue weighted by Gasteiger charge is 2.26. The molecule has 2 heterocycles. The van der Waals surface area contributed by atoms with Gasteiger partial charge in [-0.1, -0.05) is 27.2 Å². The zero-order valence-electron chi connectivity index (χ0n) is 13.9. The van der Waals surface area contributed by atoms with Crippen molar-refractivity contribution in [2.24, 2.45) is 11.1 Å². The zero-order chi connectivity index (χ0) is 14.6.